The zero-order valence-corrected chi connectivity index (χ0v) is 11.4. The lowest BCUT2D eigenvalue weighted by Gasteiger charge is -2.25. The maximum absolute atomic E-state index is 3.63. The van der Waals surface area contributed by atoms with Crippen LogP contribution in [0.4, 0.5) is 0 Å². The monoisotopic (exact) mass is 244 g/mol. The molecular formula is C16H24N2. The van der Waals surface area contributed by atoms with Crippen molar-refractivity contribution in [2.45, 2.75) is 51.2 Å². The minimum atomic E-state index is 0.732. The molecule has 1 aromatic carbocycles. The van der Waals surface area contributed by atoms with E-state index in [2.05, 4.69) is 41.4 Å². The van der Waals surface area contributed by atoms with Gasteiger partial charge in [-0.2, -0.15) is 0 Å². The predicted molar refractivity (Wildman–Crippen MR) is 75.6 cm³/mol. The topological polar surface area (TPSA) is 15.3 Å². The van der Waals surface area contributed by atoms with Gasteiger partial charge < -0.3 is 5.32 Å². The standard InChI is InChI=1S/C16H24N2/c1-13-4-2-5-14(10-13)11-18(16-7-8-16)12-15-6-3-9-17-15/h2,4-5,10,15-17H,3,6-9,11-12H2,1H3. The molecule has 0 bridgehead atoms. The average molecular weight is 244 g/mol. The molecule has 0 radical (unpaired) electrons. The second kappa shape index (κ2) is 5.41. The Labute approximate surface area is 110 Å². The van der Waals surface area contributed by atoms with Gasteiger partial charge in [-0.1, -0.05) is 29.8 Å². The minimum Gasteiger partial charge on any atom is -0.313 e. The molecule has 1 N–H and O–H groups in total. The van der Waals surface area contributed by atoms with E-state index in [9.17, 15) is 0 Å². The summed E-state index contributed by atoms with van der Waals surface area (Å²) in [5.74, 6) is 0. The zero-order valence-electron chi connectivity index (χ0n) is 11.4. The first-order valence-corrected chi connectivity index (χ1v) is 7.34. The highest BCUT2D eigenvalue weighted by Crippen LogP contribution is 2.29. The van der Waals surface area contributed by atoms with Gasteiger partial charge in [-0.05, 0) is 44.7 Å². The Morgan fingerprint density at radius 2 is 2.17 bits per heavy atom. The van der Waals surface area contributed by atoms with E-state index in [1.54, 1.807) is 0 Å². The van der Waals surface area contributed by atoms with Crippen LogP contribution in [0.25, 0.3) is 0 Å². The van der Waals surface area contributed by atoms with E-state index in [0.717, 1.165) is 18.6 Å². The van der Waals surface area contributed by atoms with Crippen LogP contribution in [0.3, 0.4) is 0 Å². The molecule has 2 heteroatoms. The third kappa shape index (κ3) is 3.12. The smallest absolute Gasteiger partial charge is 0.0237 e. The molecule has 3 rings (SSSR count). The van der Waals surface area contributed by atoms with Gasteiger partial charge >= 0.3 is 0 Å². The van der Waals surface area contributed by atoms with Crippen LogP contribution in [-0.2, 0) is 6.54 Å². The molecule has 2 fully saturated rings. The fraction of sp³-hybridized carbons (Fsp3) is 0.625. The zero-order chi connectivity index (χ0) is 12.4. The third-order valence-electron chi connectivity index (χ3n) is 4.15. The molecule has 1 aliphatic heterocycles. The molecule has 98 valence electrons. The van der Waals surface area contributed by atoms with Crippen molar-refractivity contribution in [1.82, 2.24) is 10.2 Å². The Morgan fingerprint density at radius 3 is 2.83 bits per heavy atom. The lowest BCUT2D eigenvalue weighted by Crippen LogP contribution is -2.38. The molecule has 0 amide bonds. The first-order valence-electron chi connectivity index (χ1n) is 7.34. The number of benzene rings is 1. The Kier molecular flexibility index (Phi) is 3.67. The van der Waals surface area contributed by atoms with Crippen LogP contribution < -0.4 is 5.32 Å². The van der Waals surface area contributed by atoms with Crippen molar-refractivity contribution in [2.75, 3.05) is 13.1 Å². The Bertz CT molecular complexity index is 392. The van der Waals surface area contributed by atoms with Gasteiger partial charge in [0.15, 0.2) is 0 Å². The Hall–Kier alpha value is -0.860. The third-order valence-corrected chi connectivity index (χ3v) is 4.15. The molecule has 2 aliphatic rings. The summed E-state index contributed by atoms with van der Waals surface area (Å²) >= 11 is 0. The lowest BCUT2D eigenvalue weighted by atomic mass is 10.1. The summed E-state index contributed by atoms with van der Waals surface area (Å²) in [5.41, 5.74) is 2.85. The summed E-state index contributed by atoms with van der Waals surface area (Å²) in [6.07, 6.45) is 5.52. The normalized spacial score (nSPS) is 23.8. The first kappa shape index (κ1) is 12.2. The second-order valence-corrected chi connectivity index (χ2v) is 5.94. The van der Waals surface area contributed by atoms with Gasteiger partial charge in [0.25, 0.3) is 0 Å². The van der Waals surface area contributed by atoms with Gasteiger partial charge in [0, 0.05) is 25.2 Å². The van der Waals surface area contributed by atoms with Crippen molar-refractivity contribution in [3.8, 4) is 0 Å². The van der Waals surface area contributed by atoms with Gasteiger partial charge in [-0.15, -0.1) is 0 Å². The SMILES string of the molecule is Cc1cccc(CN(CC2CCCN2)C2CC2)c1. The van der Waals surface area contributed by atoms with Crippen molar-refractivity contribution >= 4 is 0 Å². The molecule has 0 spiro atoms. The maximum atomic E-state index is 3.63. The molecule has 1 saturated heterocycles. The van der Waals surface area contributed by atoms with Crippen LogP contribution in [-0.4, -0.2) is 30.1 Å². The number of rotatable bonds is 5. The molecule has 1 heterocycles. The molecule has 1 saturated carbocycles. The van der Waals surface area contributed by atoms with Gasteiger partial charge in [0.1, 0.15) is 0 Å². The van der Waals surface area contributed by atoms with Crippen molar-refractivity contribution in [2.24, 2.45) is 0 Å². The fourth-order valence-electron chi connectivity index (χ4n) is 3.02. The number of aryl methyl sites for hydroxylation is 1. The van der Waals surface area contributed by atoms with Gasteiger partial charge in [0.05, 0.1) is 0 Å². The summed E-state index contributed by atoms with van der Waals surface area (Å²) in [4.78, 5) is 2.69. The van der Waals surface area contributed by atoms with Gasteiger partial charge in [-0.25, -0.2) is 0 Å². The number of hydrogen-bond donors (Lipinski definition) is 1. The molecular weight excluding hydrogens is 220 g/mol. The van der Waals surface area contributed by atoms with Crippen LogP contribution in [0.15, 0.2) is 24.3 Å². The predicted octanol–water partition coefficient (Wildman–Crippen LogP) is 2.71. The van der Waals surface area contributed by atoms with E-state index in [1.165, 1.54) is 49.9 Å². The van der Waals surface area contributed by atoms with Crippen molar-refractivity contribution < 1.29 is 0 Å². The number of nitrogens with zero attached hydrogens (tertiary/aromatic N) is 1. The van der Waals surface area contributed by atoms with E-state index in [4.69, 9.17) is 0 Å². The highest BCUT2D eigenvalue weighted by atomic mass is 15.2. The highest BCUT2D eigenvalue weighted by Gasteiger charge is 2.31. The summed E-state index contributed by atoms with van der Waals surface area (Å²) in [6, 6.07) is 10.6. The van der Waals surface area contributed by atoms with Crippen LogP contribution >= 0.6 is 0 Å². The minimum absolute atomic E-state index is 0.732. The maximum Gasteiger partial charge on any atom is 0.0237 e. The van der Waals surface area contributed by atoms with Crippen LogP contribution in [0.5, 0.6) is 0 Å². The summed E-state index contributed by atoms with van der Waals surface area (Å²) in [7, 11) is 0. The molecule has 1 atom stereocenters. The van der Waals surface area contributed by atoms with Crippen molar-refractivity contribution in [3.63, 3.8) is 0 Å². The van der Waals surface area contributed by atoms with E-state index in [-0.39, 0.29) is 0 Å². The number of hydrogen-bond acceptors (Lipinski definition) is 2. The van der Waals surface area contributed by atoms with Crippen molar-refractivity contribution in [3.05, 3.63) is 35.4 Å². The average Bonchev–Trinajstić information content (AvgIpc) is 3.08. The highest BCUT2D eigenvalue weighted by molar-refractivity contribution is 5.22. The summed E-state index contributed by atoms with van der Waals surface area (Å²) < 4.78 is 0. The van der Waals surface area contributed by atoms with E-state index in [0.29, 0.717) is 0 Å². The first-order chi connectivity index (χ1) is 8.81. The largest absolute Gasteiger partial charge is 0.313 e. The lowest BCUT2D eigenvalue weighted by molar-refractivity contribution is 0.231. The fourth-order valence-corrected chi connectivity index (χ4v) is 3.02. The van der Waals surface area contributed by atoms with E-state index < -0.39 is 0 Å². The molecule has 1 aliphatic carbocycles. The Balaban J connectivity index is 1.62. The Morgan fingerprint density at radius 1 is 1.28 bits per heavy atom. The van der Waals surface area contributed by atoms with Gasteiger partial charge in [0.2, 0.25) is 0 Å². The molecule has 1 aromatic rings. The van der Waals surface area contributed by atoms with Crippen LogP contribution in [0, 0.1) is 6.92 Å². The van der Waals surface area contributed by atoms with Crippen LogP contribution in [0.1, 0.15) is 36.8 Å². The second-order valence-electron chi connectivity index (χ2n) is 5.94. The molecule has 1 unspecified atom stereocenters. The van der Waals surface area contributed by atoms with E-state index >= 15 is 0 Å². The molecule has 18 heavy (non-hydrogen) atoms. The molecule has 0 aromatic heterocycles. The van der Waals surface area contributed by atoms with Crippen molar-refractivity contribution in [1.29, 1.82) is 0 Å². The van der Waals surface area contributed by atoms with E-state index in [1.807, 2.05) is 0 Å². The van der Waals surface area contributed by atoms with Crippen LogP contribution in [0.2, 0.25) is 0 Å². The summed E-state index contributed by atoms with van der Waals surface area (Å²) in [5, 5.41) is 3.63. The molecule has 2 nitrogen and oxygen atoms in total. The number of nitrogens with one attached hydrogen (secondary N) is 1. The summed E-state index contributed by atoms with van der Waals surface area (Å²) in [6.45, 7) is 5.76. The van der Waals surface area contributed by atoms with Gasteiger partial charge in [-0.3, -0.25) is 4.90 Å². The quantitative estimate of drug-likeness (QED) is 0.856.